The third-order valence-electron chi connectivity index (χ3n) is 15.0. The molecule has 1 unspecified atom stereocenters. The Hall–Kier alpha value is -6.16. The summed E-state index contributed by atoms with van der Waals surface area (Å²) in [5, 5.41) is 7.63. The Kier molecular flexibility index (Phi) is 11.9. The number of carbonyl (C=O) groups is 4. The maximum absolute atomic E-state index is 14.7. The van der Waals surface area contributed by atoms with Gasteiger partial charge in [0.25, 0.3) is 0 Å². The van der Waals surface area contributed by atoms with Crippen LogP contribution in [-0.2, 0) is 30.4 Å². The van der Waals surface area contributed by atoms with Crippen LogP contribution in [0.4, 0.5) is 9.59 Å². The van der Waals surface area contributed by atoms with E-state index in [-0.39, 0.29) is 47.8 Å². The number of ether oxygens (including phenoxy) is 4. The number of alkyl carbamates (subject to hydrolysis) is 2. The Morgan fingerprint density at radius 3 is 2.39 bits per heavy atom. The van der Waals surface area contributed by atoms with Crippen LogP contribution in [0.2, 0.25) is 0 Å². The predicted molar refractivity (Wildman–Crippen MR) is 246 cm³/mol. The summed E-state index contributed by atoms with van der Waals surface area (Å²) in [7, 11) is 2.63. The number of aromatic nitrogens is 4. The number of nitrogens with one attached hydrogen (secondary N) is 4. The Morgan fingerprint density at radius 2 is 1.61 bits per heavy atom. The molecule has 348 valence electrons. The second kappa shape index (κ2) is 17.9. The number of likely N-dealkylation sites (tertiary alicyclic amines) is 2. The van der Waals surface area contributed by atoms with Gasteiger partial charge < -0.3 is 49.3 Å². The van der Waals surface area contributed by atoms with Crippen molar-refractivity contribution < 1.29 is 38.1 Å². The van der Waals surface area contributed by atoms with Gasteiger partial charge in [0, 0.05) is 36.2 Å². The normalized spacial score (nSPS) is 23.8. The Bertz CT molecular complexity index is 2670. The Labute approximate surface area is 383 Å². The molecule has 0 bridgehead atoms. The van der Waals surface area contributed by atoms with Gasteiger partial charge in [0.05, 0.1) is 49.2 Å². The minimum atomic E-state index is -0.727. The van der Waals surface area contributed by atoms with E-state index < -0.39 is 24.3 Å². The van der Waals surface area contributed by atoms with Gasteiger partial charge in [0.2, 0.25) is 11.8 Å². The summed E-state index contributed by atoms with van der Waals surface area (Å²) in [6, 6.07) is 12.9. The standard InChI is InChI=1S/C50H60N8O8/c1-26(2)42(55-49(61)63-4)47(59)57-27(3)10-15-39(57)46-52-36-14-12-29-21-35-33-13-11-30(20-32(33)25-66-41(35)23-34(29)44(36)54-46)37-24-51-45(53-37)40-22-31-8-6-7-9-38(31)58(40)48(60)43(56-50(62)64-5)28-16-18-65-19-17-28/h11-14,20-21,23-24,26-28,31,38-40,42-43H,6-10,15-19,22,25H2,1-5H3,(H,51,53)(H,52,54)(H,55,61)(H,56,62)/t27-,31-,38-,39-,40-,42-,43?/m0/s1. The van der Waals surface area contributed by atoms with Crippen molar-refractivity contribution in [2.45, 2.75) is 121 Å². The van der Waals surface area contributed by atoms with Gasteiger partial charge in [-0.1, -0.05) is 44.9 Å². The van der Waals surface area contributed by atoms with Crippen molar-refractivity contribution in [1.82, 2.24) is 40.4 Å². The second-order valence-corrected chi connectivity index (χ2v) is 19.2. The summed E-state index contributed by atoms with van der Waals surface area (Å²) in [4.78, 5) is 74.7. The highest BCUT2D eigenvalue weighted by molar-refractivity contribution is 6.07. The number of amides is 4. The van der Waals surface area contributed by atoms with E-state index in [2.05, 4.69) is 57.0 Å². The average molecular weight is 901 g/mol. The number of methoxy groups -OCH3 is 2. The molecule has 5 aliphatic rings. The molecule has 0 radical (unpaired) electrons. The largest absolute Gasteiger partial charge is 0.488 e. The molecule has 10 rings (SSSR count). The second-order valence-electron chi connectivity index (χ2n) is 19.2. The van der Waals surface area contributed by atoms with E-state index in [4.69, 9.17) is 28.9 Å². The number of rotatable bonds is 9. The first-order valence-electron chi connectivity index (χ1n) is 23.7. The van der Waals surface area contributed by atoms with Crippen LogP contribution < -0.4 is 15.4 Å². The number of fused-ring (bicyclic) bond motifs is 7. The highest BCUT2D eigenvalue weighted by atomic mass is 16.5. The summed E-state index contributed by atoms with van der Waals surface area (Å²) in [6.45, 7) is 7.36. The smallest absolute Gasteiger partial charge is 0.407 e. The lowest BCUT2D eigenvalue weighted by atomic mass is 9.84. The molecule has 3 aromatic carbocycles. The lowest BCUT2D eigenvalue weighted by molar-refractivity contribution is -0.140. The molecule has 16 nitrogen and oxygen atoms in total. The van der Waals surface area contributed by atoms with Crippen molar-refractivity contribution >= 4 is 45.8 Å². The highest BCUT2D eigenvalue weighted by Crippen LogP contribution is 2.48. The first-order chi connectivity index (χ1) is 32.0. The van der Waals surface area contributed by atoms with Crippen molar-refractivity contribution in [2.24, 2.45) is 17.8 Å². The van der Waals surface area contributed by atoms with Gasteiger partial charge in [-0.2, -0.15) is 0 Å². The number of aromatic amines is 2. The maximum atomic E-state index is 14.7. The molecule has 0 spiro atoms. The molecule has 5 aromatic rings. The van der Waals surface area contributed by atoms with Gasteiger partial charge in [-0.25, -0.2) is 19.6 Å². The van der Waals surface area contributed by atoms with E-state index in [1.165, 1.54) is 14.2 Å². The lowest BCUT2D eigenvalue weighted by Crippen LogP contribution is -2.55. The SMILES string of the molecule is COC(=O)NC(C(=O)N1[C@H](c2ncc(-c3ccc4c(c3)COc3cc5c(ccc6[nH]c([C@@H]7CC[C@H](C)N7C(=O)[C@@H](NC(=O)OC)C(C)C)nc65)cc3-4)[nH]2)C[C@@H]2CCCC[C@@H]21)C1CCOCC1. The van der Waals surface area contributed by atoms with E-state index in [0.29, 0.717) is 38.6 Å². The summed E-state index contributed by atoms with van der Waals surface area (Å²) in [5.74, 6) is 2.23. The van der Waals surface area contributed by atoms with Crippen LogP contribution in [0.15, 0.2) is 48.7 Å². The van der Waals surface area contributed by atoms with E-state index in [1.807, 2.05) is 42.8 Å². The highest BCUT2D eigenvalue weighted by Gasteiger charge is 2.49. The number of hydrogen-bond acceptors (Lipinski definition) is 10. The van der Waals surface area contributed by atoms with Gasteiger partial charge in [0.15, 0.2) is 0 Å². The van der Waals surface area contributed by atoms with E-state index in [9.17, 15) is 19.2 Å². The number of benzene rings is 3. The van der Waals surface area contributed by atoms with Crippen molar-refractivity contribution in [1.29, 1.82) is 0 Å². The van der Waals surface area contributed by atoms with Gasteiger partial charge in [-0.05, 0) is 116 Å². The summed E-state index contributed by atoms with van der Waals surface area (Å²) in [5.41, 5.74) is 6.66. The molecule has 4 amide bonds. The Morgan fingerprint density at radius 1 is 0.818 bits per heavy atom. The summed E-state index contributed by atoms with van der Waals surface area (Å²) >= 11 is 0. The average Bonchev–Trinajstić information content (AvgIpc) is 4.16. The van der Waals surface area contributed by atoms with Crippen molar-refractivity contribution in [3.05, 3.63) is 65.9 Å². The zero-order valence-electron chi connectivity index (χ0n) is 38.4. The van der Waals surface area contributed by atoms with Crippen LogP contribution in [0.1, 0.15) is 108 Å². The maximum Gasteiger partial charge on any atom is 0.407 e. The van der Waals surface area contributed by atoms with Crippen molar-refractivity contribution in [2.75, 3.05) is 27.4 Å². The zero-order chi connectivity index (χ0) is 45.8. The third-order valence-corrected chi connectivity index (χ3v) is 15.0. The monoisotopic (exact) mass is 900 g/mol. The molecule has 3 saturated heterocycles. The molecule has 6 heterocycles. The quantitative estimate of drug-likeness (QED) is 0.112. The molecule has 7 atom stereocenters. The van der Waals surface area contributed by atoms with E-state index in [1.54, 1.807) is 0 Å². The van der Waals surface area contributed by atoms with Gasteiger partial charge >= 0.3 is 12.2 Å². The number of hydrogen-bond donors (Lipinski definition) is 4. The first kappa shape index (κ1) is 43.7. The van der Waals surface area contributed by atoms with Gasteiger partial charge in [-0.3, -0.25) is 9.59 Å². The first-order valence-corrected chi connectivity index (χ1v) is 23.7. The number of H-pyrrole nitrogens is 2. The minimum Gasteiger partial charge on any atom is -0.488 e. The third kappa shape index (κ3) is 7.90. The van der Waals surface area contributed by atoms with Crippen LogP contribution in [0, 0.1) is 17.8 Å². The zero-order valence-corrected chi connectivity index (χ0v) is 38.4. The van der Waals surface area contributed by atoms with Crippen molar-refractivity contribution in [3.8, 4) is 28.1 Å². The number of nitrogens with zero attached hydrogens (tertiary/aromatic N) is 4. The summed E-state index contributed by atoms with van der Waals surface area (Å²) < 4.78 is 21.9. The summed E-state index contributed by atoms with van der Waals surface area (Å²) in [6.07, 6.45) is 8.63. The fourth-order valence-electron chi connectivity index (χ4n) is 11.6. The molecule has 16 heteroatoms. The topological polar surface area (TPSA) is 193 Å². The van der Waals surface area contributed by atoms with Gasteiger partial charge in [-0.15, -0.1) is 0 Å². The minimum absolute atomic E-state index is 0.0272. The molecule has 2 aromatic heterocycles. The molecular weight excluding hydrogens is 841 g/mol. The molecular formula is C50H60N8O8. The molecule has 4 N–H and O–H groups in total. The van der Waals surface area contributed by atoms with Crippen LogP contribution in [0.3, 0.4) is 0 Å². The van der Waals surface area contributed by atoms with E-state index in [0.717, 1.165) is 112 Å². The molecule has 1 saturated carbocycles. The van der Waals surface area contributed by atoms with Crippen molar-refractivity contribution in [3.63, 3.8) is 0 Å². The number of imidazole rings is 2. The molecule has 1 aliphatic carbocycles. The molecule has 66 heavy (non-hydrogen) atoms. The van der Waals surface area contributed by atoms with Crippen LogP contribution >= 0.6 is 0 Å². The lowest BCUT2D eigenvalue weighted by Gasteiger charge is -2.38. The predicted octanol–water partition coefficient (Wildman–Crippen LogP) is 8.08. The fourth-order valence-corrected chi connectivity index (χ4v) is 11.6. The van der Waals surface area contributed by atoms with Crippen LogP contribution in [0.25, 0.3) is 44.2 Å². The van der Waals surface area contributed by atoms with E-state index >= 15 is 0 Å². The van der Waals surface area contributed by atoms with Gasteiger partial charge in [0.1, 0.15) is 36.1 Å². The van der Waals surface area contributed by atoms with Crippen LogP contribution in [-0.4, -0.2) is 105 Å². The number of carbonyl (C=O) groups excluding carboxylic acids is 4. The Balaban J connectivity index is 0.911. The molecule has 4 fully saturated rings. The van der Waals surface area contributed by atoms with Crippen LogP contribution in [0.5, 0.6) is 5.75 Å². The fraction of sp³-hybridized carbons (Fsp3) is 0.520. The molecule has 4 aliphatic heterocycles.